The van der Waals surface area contributed by atoms with Crippen LogP contribution in [-0.2, 0) is 4.79 Å². The normalized spacial score (nSPS) is 13.1. The van der Waals surface area contributed by atoms with Crippen LogP contribution in [0.3, 0.4) is 0 Å². The molecule has 5 heteroatoms. The summed E-state index contributed by atoms with van der Waals surface area (Å²) >= 11 is 1.54. The smallest absolute Gasteiger partial charge is 0.273 e. The highest BCUT2D eigenvalue weighted by molar-refractivity contribution is 7.12. The summed E-state index contributed by atoms with van der Waals surface area (Å²) in [7, 11) is 0. The molecule has 0 spiro atoms. The van der Waals surface area contributed by atoms with Gasteiger partial charge in [0.1, 0.15) is 0 Å². The lowest BCUT2D eigenvalue weighted by Gasteiger charge is -2.09. The number of carbonyl (C=O) groups excluding carboxylic acids is 1. The zero-order valence-corrected chi connectivity index (χ0v) is 11.2. The van der Waals surface area contributed by atoms with Crippen LogP contribution in [0, 0.1) is 0 Å². The Balaban J connectivity index is 2.00. The highest BCUT2D eigenvalue weighted by Gasteiger charge is 2.16. The molecule has 1 aromatic carbocycles. The van der Waals surface area contributed by atoms with Gasteiger partial charge in [0.2, 0.25) is 0 Å². The van der Waals surface area contributed by atoms with Gasteiger partial charge in [-0.1, -0.05) is 36.4 Å². The van der Waals surface area contributed by atoms with Crippen molar-refractivity contribution in [1.82, 2.24) is 5.43 Å². The fraction of sp³-hybridized carbons (Fsp3) is 0.143. The van der Waals surface area contributed by atoms with Crippen molar-refractivity contribution < 1.29 is 9.90 Å². The van der Waals surface area contributed by atoms with E-state index >= 15 is 0 Å². The van der Waals surface area contributed by atoms with Crippen LogP contribution in [0.1, 0.15) is 23.5 Å². The Bertz CT molecular complexity index is 564. The molecule has 0 aliphatic heterocycles. The van der Waals surface area contributed by atoms with Crippen molar-refractivity contribution in [3.05, 3.63) is 58.3 Å². The molecule has 1 amide bonds. The third-order valence-corrected chi connectivity index (χ3v) is 3.55. The lowest BCUT2D eigenvalue weighted by Crippen LogP contribution is -2.26. The van der Waals surface area contributed by atoms with Gasteiger partial charge in [0.05, 0.1) is 5.71 Å². The number of amides is 1. The molecule has 1 atom stereocenters. The quantitative estimate of drug-likeness (QED) is 0.664. The van der Waals surface area contributed by atoms with Crippen LogP contribution < -0.4 is 5.43 Å². The predicted molar refractivity (Wildman–Crippen MR) is 76.1 cm³/mol. The molecule has 2 rings (SSSR count). The minimum atomic E-state index is -1.21. The van der Waals surface area contributed by atoms with E-state index in [1.807, 2.05) is 23.6 Å². The second-order valence-electron chi connectivity index (χ2n) is 3.96. The first-order valence-electron chi connectivity index (χ1n) is 5.79. The van der Waals surface area contributed by atoms with Gasteiger partial charge in [-0.25, -0.2) is 5.43 Å². The standard InChI is InChI=1S/C14H14N2O2S/c1-10(12-8-5-9-19-12)15-16-14(18)13(17)11-6-3-2-4-7-11/h2-9,13,17H,1H3,(H,16,18)/b15-10+. The summed E-state index contributed by atoms with van der Waals surface area (Å²) in [6.07, 6.45) is -1.21. The van der Waals surface area contributed by atoms with Gasteiger partial charge in [0.25, 0.3) is 5.91 Å². The molecule has 1 unspecified atom stereocenters. The molecule has 2 aromatic rings. The Morgan fingerprint density at radius 1 is 1.26 bits per heavy atom. The molecule has 0 aliphatic rings. The lowest BCUT2D eigenvalue weighted by atomic mass is 10.1. The molecule has 19 heavy (non-hydrogen) atoms. The second-order valence-corrected chi connectivity index (χ2v) is 4.91. The van der Waals surface area contributed by atoms with Crippen molar-refractivity contribution in [2.75, 3.05) is 0 Å². The largest absolute Gasteiger partial charge is 0.378 e. The molecule has 98 valence electrons. The van der Waals surface area contributed by atoms with Gasteiger partial charge < -0.3 is 5.11 Å². The Morgan fingerprint density at radius 3 is 2.63 bits per heavy atom. The fourth-order valence-corrected chi connectivity index (χ4v) is 2.20. The molecule has 4 nitrogen and oxygen atoms in total. The first-order chi connectivity index (χ1) is 9.18. The van der Waals surface area contributed by atoms with Gasteiger partial charge >= 0.3 is 0 Å². The van der Waals surface area contributed by atoms with Gasteiger partial charge in [-0.15, -0.1) is 11.3 Å². The predicted octanol–water partition coefficient (Wildman–Crippen LogP) is 2.32. The van der Waals surface area contributed by atoms with E-state index < -0.39 is 12.0 Å². The van der Waals surface area contributed by atoms with E-state index in [2.05, 4.69) is 10.5 Å². The van der Waals surface area contributed by atoms with E-state index in [0.29, 0.717) is 11.3 Å². The summed E-state index contributed by atoms with van der Waals surface area (Å²) in [5.74, 6) is -0.540. The van der Waals surface area contributed by atoms with Crippen LogP contribution in [-0.4, -0.2) is 16.7 Å². The molecular formula is C14H14N2O2S. The molecule has 0 bridgehead atoms. The summed E-state index contributed by atoms with van der Waals surface area (Å²) in [4.78, 5) is 12.7. The first kappa shape index (κ1) is 13.5. The minimum Gasteiger partial charge on any atom is -0.378 e. The Labute approximate surface area is 115 Å². The van der Waals surface area contributed by atoms with Crippen molar-refractivity contribution in [1.29, 1.82) is 0 Å². The fourth-order valence-electron chi connectivity index (χ4n) is 1.53. The van der Waals surface area contributed by atoms with Gasteiger partial charge in [-0.3, -0.25) is 4.79 Å². The van der Waals surface area contributed by atoms with Crippen LogP contribution in [0.15, 0.2) is 52.9 Å². The molecule has 0 fully saturated rings. The maximum Gasteiger partial charge on any atom is 0.273 e. The van der Waals surface area contributed by atoms with Crippen LogP contribution in [0.2, 0.25) is 0 Å². The average Bonchev–Trinajstić information content (AvgIpc) is 2.98. The number of benzene rings is 1. The summed E-state index contributed by atoms with van der Waals surface area (Å²) in [5, 5.41) is 15.8. The van der Waals surface area contributed by atoms with E-state index in [0.717, 1.165) is 4.88 Å². The van der Waals surface area contributed by atoms with Crippen molar-refractivity contribution in [3.8, 4) is 0 Å². The molecule has 1 aromatic heterocycles. The van der Waals surface area contributed by atoms with E-state index in [1.165, 1.54) is 0 Å². The summed E-state index contributed by atoms with van der Waals surface area (Å²) in [6.45, 7) is 1.81. The van der Waals surface area contributed by atoms with Crippen molar-refractivity contribution in [2.45, 2.75) is 13.0 Å². The monoisotopic (exact) mass is 274 g/mol. The van der Waals surface area contributed by atoms with Gasteiger partial charge in [-0.2, -0.15) is 5.10 Å². The number of carbonyl (C=O) groups is 1. The number of hydrogen-bond donors (Lipinski definition) is 2. The zero-order valence-electron chi connectivity index (χ0n) is 10.4. The Morgan fingerprint density at radius 2 is 2.00 bits per heavy atom. The number of aliphatic hydroxyl groups is 1. The van der Waals surface area contributed by atoms with Gasteiger partial charge in [0, 0.05) is 4.88 Å². The molecular weight excluding hydrogens is 260 g/mol. The lowest BCUT2D eigenvalue weighted by molar-refractivity contribution is -0.129. The molecule has 0 radical (unpaired) electrons. The molecule has 2 N–H and O–H groups in total. The molecule has 1 heterocycles. The minimum absolute atomic E-state index is 0.540. The highest BCUT2D eigenvalue weighted by Crippen LogP contribution is 2.12. The van der Waals surface area contributed by atoms with E-state index in [1.54, 1.807) is 42.5 Å². The SMILES string of the molecule is C/C(=N\NC(=O)C(O)c1ccccc1)c1cccs1. The van der Waals surface area contributed by atoms with Crippen LogP contribution >= 0.6 is 11.3 Å². The third-order valence-electron chi connectivity index (χ3n) is 2.58. The summed E-state index contributed by atoms with van der Waals surface area (Å²) < 4.78 is 0. The molecule has 0 saturated heterocycles. The number of nitrogens with one attached hydrogen (secondary N) is 1. The maximum absolute atomic E-state index is 11.8. The van der Waals surface area contributed by atoms with Gasteiger partial charge in [-0.05, 0) is 23.9 Å². The van der Waals surface area contributed by atoms with Crippen LogP contribution in [0.5, 0.6) is 0 Å². The summed E-state index contributed by atoms with van der Waals surface area (Å²) in [6, 6.07) is 12.6. The van der Waals surface area contributed by atoms with Gasteiger partial charge in [0.15, 0.2) is 6.10 Å². The molecule has 0 aliphatic carbocycles. The maximum atomic E-state index is 11.8. The molecule has 0 saturated carbocycles. The number of hydrazone groups is 1. The number of hydrogen-bond acceptors (Lipinski definition) is 4. The van der Waals surface area contributed by atoms with E-state index in [-0.39, 0.29) is 0 Å². The Kier molecular flexibility index (Phi) is 4.43. The first-order valence-corrected chi connectivity index (χ1v) is 6.67. The average molecular weight is 274 g/mol. The van der Waals surface area contributed by atoms with Crippen molar-refractivity contribution in [2.24, 2.45) is 5.10 Å². The number of rotatable bonds is 4. The van der Waals surface area contributed by atoms with E-state index in [9.17, 15) is 9.90 Å². The van der Waals surface area contributed by atoms with E-state index in [4.69, 9.17) is 0 Å². The zero-order chi connectivity index (χ0) is 13.7. The topological polar surface area (TPSA) is 61.7 Å². The van der Waals surface area contributed by atoms with Crippen LogP contribution in [0.25, 0.3) is 0 Å². The summed E-state index contributed by atoms with van der Waals surface area (Å²) in [5.41, 5.74) is 3.63. The van der Waals surface area contributed by atoms with Crippen molar-refractivity contribution >= 4 is 23.0 Å². The van der Waals surface area contributed by atoms with Crippen molar-refractivity contribution in [3.63, 3.8) is 0 Å². The third kappa shape index (κ3) is 3.49. The number of nitrogens with zero attached hydrogens (tertiary/aromatic N) is 1. The second kappa shape index (κ2) is 6.26. The number of thiophene rings is 1. The Hall–Kier alpha value is -1.98. The number of aliphatic hydroxyl groups excluding tert-OH is 1. The van der Waals surface area contributed by atoms with Crippen LogP contribution in [0.4, 0.5) is 0 Å². The highest BCUT2D eigenvalue weighted by atomic mass is 32.1.